The fraction of sp³-hybridized carbons (Fsp3) is 0.235. The minimum absolute atomic E-state index is 0.140. The van der Waals surface area contributed by atoms with Gasteiger partial charge in [0, 0.05) is 17.4 Å². The Morgan fingerprint density at radius 2 is 1.68 bits per heavy atom. The Bertz CT molecular complexity index is 1680. The predicted octanol–water partition coefficient (Wildman–Crippen LogP) is 7.85. The second kappa shape index (κ2) is 10.2. The lowest BCUT2D eigenvalue weighted by Gasteiger charge is -2.31. The van der Waals surface area contributed by atoms with Crippen LogP contribution in [0.2, 0.25) is 0 Å². The SMILES string of the molecule is Cc1ccc(C)c(NC(=O)N2Cc3c(C)nn(-c4ccccc4)c3-n3cccc3C2c2ccc(C(C)C)cc2)c1. The number of anilines is 1. The van der Waals surface area contributed by atoms with E-state index < -0.39 is 0 Å². The Morgan fingerprint density at radius 3 is 2.40 bits per heavy atom. The first-order valence-electron chi connectivity index (χ1n) is 13.9. The average Bonchev–Trinajstić information content (AvgIpc) is 3.51. The molecule has 1 N–H and O–H groups in total. The number of nitrogens with one attached hydrogen (secondary N) is 1. The van der Waals surface area contributed by atoms with Crippen LogP contribution in [-0.2, 0) is 6.54 Å². The van der Waals surface area contributed by atoms with E-state index in [1.165, 1.54) is 5.56 Å². The third-order valence-electron chi connectivity index (χ3n) is 7.90. The first-order chi connectivity index (χ1) is 19.3. The average molecular weight is 530 g/mol. The number of hydrogen-bond donors (Lipinski definition) is 1. The van der Waals surface area contributed by atoms with Crippen LogP contribution in [0.5, 0.6) is 0 Å². The van der Waals surface area contributed by atoms with Gasteiger partial charge in [-0.2, -0.15) is 5.10 Å². The van der Waals surface area contributed by atoms with Crippen molar-refractivity contribution in [1.29, 1.82) is 0 Å². The molecule has 6 rings (SSSR count). The molecule has 0 spiro atoms. The van der Waals surface area contributed by atoms with Gasteiger partial charge in [-0.05, 0) is 79.3 Å². The summed E-state index contributed by atoms with van der Waals surface area (Å²) in [6.07, 6.45) is 2.08. The van der Waals surface area contributed by atoms with Crippen LogP contribution in [0.3, 0.4) is 0 Å². The minimum atomic E-state index is -0.294. The van der Waals surface area contributed by atoms with Crippen LogP contribution in [0, 0.1) is 20.8 Å². The summed E-state index contributed by atoms with van der Waals surface area (Å²) in [5.74, 6) is 1.40. The first-order valence-corrected chi connectivity index (χ1v) is 13.9. The second-order valence-corrected chi connectivity index (χ2v) is 11.0. The largest absolute Gasteiger partial charge is 0.322 e. The molecule has 6 nitrogen and oxygen atoms in total. The summed E-state index contributed by atoms with van der Waals surface area (Å²) < 4.78 is 4.20. The van der Waals surface area contributed by atoms with Crippen LogP contribution in [0.1, 0.15) is 65.0 Å². The van der Waals surface area contributed by atoms with Crippen molar-refractivity contribution in [3.8, 4) is 11.5 Å². The summed E-state index contributed by atoms with van der Waals surface area (Å²) in [6, 6.07) is 28.8. The molecule has 1 atom stereocenters. The number of carbonyl (C=O) groups is 1. The Kier molecular flexibility index (Phi) is 6.54. The van der Waals surface area contributed by atoms with E-state index in [1.54, 1.807) is 0 Å². The highest BCUT2D eigenvalue weighted by atomic mass is 16.2. The molecule has 5 aromatic rings. The van der Waals surface area contributed by atoms with Gasteiger partial charge in [0.25, 0.3) is 0 Å². The lowest BCUT2D eigenvalue weighted by Crippen LogP contribution is -2.38. The summed E-state index contributed by atoms with van der Waals surface area (Å²) in [4.78, 5) is 16.2. The van der Waals surface area contributed by atoms with Gasteiger partial charge < -0.3 is 14.8 Å². The van der Waals surface area contributed by atoms with Crippen molar-refractivity contribution in [1.82, 2.24) is 19.2 Å². The third-order valence-corrected chi connectivity index (χ3v) is 7.90. The molecular formula is C34H35N5O. The highest BCUT2D eigenvalue weighted by Gasteiger charge is 2.36. The molecule has 0 bridgehead atoms. The number of hydrogen-bond acceptors (Lipinski definition) is 2. The van der Waals surface area contributed by atoms with Crippen LogP contribution in [0.25, 0.3) is 11.5 Å². The topological polar surface area (TPSA) is 55.1 Å². The molecule has 202 valence electrons. The van der Waals surface area contributed by atoms with E-state index in [0.29, 0.717) is 12.5 Å². The van der Waals surface area contributed by atoms with Crippen molar-refractivity contribution in [2.24, 2.45) is 0 Å². The van der Waals surface area contributed by atoms with E-state index in [0.717, 1.165) is 50.8 Å². The number of carbonyl (C=O) groups excluding carboxylic acids is 1. The lowest BCUT2D eigenvalue weighted by atomic mass is 9.97. The molecule has 2 amide bonds. The molecule has 3 aromatic carbocycles. The van der Waals surface area contributed by atoms with Crippen molar-refractivity contribution in [3.63, 3.8) is 0 Å². The highest BCUT2D eigenvalue weighted by molar-refractivity contribution is 5.91. The third kappa shape index (κ3) is 4.49. The number of urea groups is 1. The zero-order valence-electron chi connectivity index (χ0n) is 23.7. The molecule has 1 aliphatic rings. The zero-order chi connectivity index (χ0) is 28.0. The molecule has 40 heavy (non-hydrogen) atoms. The van der Waals surface area contributed by atoms with Gasteiger partial charge in [0.1, 0.15) is 5.82 Å². The Hall–Kier alpha value is -4.58. The standard InChI is InChI=1S/C34H35N5O/c1-22(2)26-15-17-27(18-16-26)32-31-12-9-19-37(31)33-29(25(5)36-39(33)28-10-7-6-8-11-28)21-38(32)34(40)35-30-20-23(3)13-14-24(30)4/h6-20,22,32H,21H2,1-5H3,(H,35,40). The summed E-state index contributed by atoms with van der Waals surface area (Å²) in [5.41, 5.74) is 9.24. The second-order valence-electron chi connectivity index (χ2n) is 11.0. The Morgan fingerprint density at radius 1 is 0.925 bits per heavy atom. The van der Waals surface area contributed by atoms with Crippen molar-refractivity contribution >= 4 is 11.7 Å². The number of amides is 2. The zero-order valence-corrected chi connectivity index (χ0v) is 23.7. The van der Waals surface area contributed by atoms with E-state index in [4.69, 9.17) is 5.10 Å². The molecule has 0 aliphatic carbocycles. The Balaban J connectivity index is 1.53. The number of rotatable bonds is 4. The quantitative estimate of drug-likeness (QED) is 0.258. The number of para-hydroxylation sites is 1. The van der Waals surface area contributed by atoms with Crippen molar-refractivity contribution in [2.75, 3.05) is 5.32 Å². The van der Waals surface area contributed by atoms with E-state index in [2.05, 4.69) is 84.5 Å². The summed E-state index contributed by atoms with van der Waals surface area (Å²) in [7, 11) is 0. The minimum Gasteiger partial charge on any atom is -0.308 e. The van der Waals surface area contributed by atoms with E-state index in [-0.39, 0.29) is 12.1 Å². The number of benzene rings is 3. The van der Waals surface area contributed by atoms with E-state index >= 15 is 0 Å². The first kappa shape index (κ1) is 25.7. The highest BCUT2D eigenvalue weighted by Crippen LogP contribution is 2.39. The van der Waals surface area contributed by atoms with Gasteiger partial charge in [-0.25, -0.2) is 9.48 Å². The van der Waals surface area contributed by atoms with Crippen molar-refractivity contribution < 1.29 is 4.79 Å². The number of aromatic nitrogens is 3. The van der Waals surface area contributed by atoms with Crippen LogP contribution < -0.4 is 5.32 Å². The van der Waals surface area contributed by atoms with Gasteiger partial charge in [-0.3, -0.25) is 0 Å². The molecule has 1 unspecified atom stereocenters. The number of aryl methyl sites for hydroxylation is 3. The van der Waals surface area contributed by atoms with Crippen LogP contribution in [-0.4, -0.2) is 25.3 Å². The van der Waals surface area contributed by atoms with E-state index in [1.807, 2.05) is 60.7 Å². The maximum atomic E-state index is 14.3. The monoisotopic (exact) mass is 529 g/mol. The van der Waals surface area contributed by atoms with Gasteiger partial charge in [0.2, 0.25) is 0 Å². The molecule has 0 saturated carbocycles. The molecule has 1 aliphatic heterocycles. The summed E-state index contributed by atoms with van der Waals surface area (Å²) in [6.45, 7) is 10.9. The lowest BCUT2D eigenvalue weighted by molar-refractivity contribution is 0.194. The predicted molar refractivity (Wildman–Crippen MR) is 160 cm³/mol. The maximum Gasteiger partial charge on any atom is 0.322 e. The van der Waals surface area contributed by atoms with Gasteiger partial charge in [-0.15, -0.1) is 0 Å². The molecular weight excluding hydrogens is 494 g/mol. The normalized spacial score (nSPS) is 14.6. The van der Waals surface area contributed by atoms with Gasteiger partial charge in [-0.1, -0.05) is 68.4 Å². The van der Waals surface area contributed by atoms with Crippen molar-refractivity contribution in [3.05, 3.63) is 130 Å². The smallest absolute Gasteiger partial charge is 0.308 e. The number of nitrogens with zero attached hydrogens (tertiary/aromatic N) is 4. The van der Waals surface area contributed by atoms with Crippen molar-refractivity contribution in [2.45, 2.75) is 53.1 Å². The molecule has 2 aromatic heterocycles. The summed E-state index contributed by atoms with van der Waals surface area (Å²) >= 11 is 0. The molecule has 6 heteroatoms. The van der Waals surface area contributed by atoms with Gasteiger partial charge in [0.15, 0.2) is 0 Å². The number of fused-ring (bicyclic) bond motifs is 3. The van der Waals surface area contributed by atoms with Gasteiger partial charge >= 0.3 is 6.03 Å². The van der Waals surface area contributed by atoms with Crippen LogP contribution >= 0.6 is 0 Å². The summed E-state index contributed by atoms with van der Waals surface area (Å²) in [5, 5.41) is 8.19. The van der Waals surface area contributed by atoms with E-state index in [9.17, 15) is 4.79 Å². The fourth-order valence-electron chi connectivity index (χ4n) is 5.62. The van der Waals surface area contributed by atoms with Crippen LogP contribution in [0.4, 0.5) is 10.5 Å². The Labute approximate surface area is 235 Å². The molecule has 0 saturated heterocycles. The molecule has 0 fully saturated rings. The molecule has 0 radical (unpaired) electrons. The maximum absolute atomic E-state index is 14.3. The molecule has 3 heterocycles. The van der Waals surface area contributed by atoms with Gasteiger partial charge in [0.05, 0.1) is 29.7 Å². The fourth-order valence-corrected chi connectivity index (χ4v) is 5.62. The van der Waals surface area contributed by atoms with Crippen LogP contribution in [0.15, 0.2) is 91.1 Å².